The van der Waals surface area contributed by atoms with Gasteiger partial charge in [-0.25, -0.2) is 5.01 Å². The van der Waals surface area contributed by atoms with Crippen LogP contribution in [-0.2, 0) is 0 Å². The lowest BCUT2D eigenvalue weighted by molar-refractivity contribution is 0.315. The Morgan fingerprint density at radius 2 is 2.45 bits per heavy atom. The molecule has 1 aliphatic heterocycles. The lowest BCUT2D eigenvalue weighted by Gasteiger charge is -2.19. The Morgan fingerprint density at radius 1 is 1.73 bits per heavy atom. The van der Waals surface area contributed by atoms with Gasteiger partial charge in [-0.2, -0.15) is 5.10 Å². The smallest absolute Gasteiger partial charge is 0.121 e. The Kier molecular flexibility index (Phi) is 2.59. The molecule has 1 rings (SSSR count). The van der Waals surface area contributed by atoms with E-state index >= 15 is 0 Å². The molecule has 1 saturated heterocycles. The van der Waals surface area contributed by atoms with Crippen LogP contribution in [0.3, 0.4) is 0 Å². The first-order valence-electron chi connectivity index (χ1n) is 3.72. The molecule has 62 valence electrons. The molecule has 0 spiro atoms. The molecule has 0 aromatic rings. The number of hydrazone groups is 1. The molecule has 4 nitrogen and oxygen atoms in total. The molecule has 1 heterocycles. The molecule has 0 amide bonds. The minimum atomic E-state index is 0.284. The molecular formula is C7H14N4. The molecule has 1 atom stereocenters. The molecule has 1 N–H and O–H groups in total. The van der Waals surface area contributed by atoms with Crippen molar-refractivity contribution in [1.29, 1.82) is 0 Å². The van der Waals surface area contributed by atoms with Gasteiger partial charge in [0.15, 0.2) is 0 Å². The standard InChI is InChI=1S/C7H14N4/c1-8-6-4-5-7(9-2)11(6)10-3/h6,8H,3-5H2,1-2H3. The fourth-order valence-electron chi connectivity index (χ4n) is 1.34. The Balaban J connectivity index is 2.70. The molecule has 1 aliphatic rings. The quantitative estimate of drug-likeness (QED) is 0.580. The van der Waals surface area contributed by atoms with Crippen LogP contribution in [0.25, 0.3) is 0 Å². The molecule has 1 unspecified atom stereocenters. The van der Waals surface area contributed by atoms with Crippen molar-refractivity contribution in [2.24, 2.45) is 10.1 Å². The Hall–Kier alpha value is -0.900. The third-order valence-corrected chi connectivity index (χ3v) is 1.94. The van der Waals surface area contributed by atoms with Crippen molar-refractivity contribution in [2.75, 3.05) is 14.1 Å². The maximum atomic E-state index is 4.11. The Morgan fingerprint density at radius 3 is 2.91 bits per heavy atom. The van der Waals surface area contributed by atoms with E-state index in [0.29, 0.717) is 0 Å². The molecule has 0 saturated carbocycles. The van der Waals surface area contributed by atoms with E-state index in [1.165, 1.54) is 0 Å². The summed E-state index contributed by atoms with van der Waals surface area (Å²) in [5, 5.41) is 8.86. The summed E-state index contributed by atoms with van der Waals surface area (Å²) in [6.45, 7) is 3.49. The predicted molar refractivity (Wildman–Crippen MR) is 46.8 cm³/mol. The van der Waals surface area contributed by atoms with E-state index in [-0.39, 0.29) is 6.17 Å². The molecule has 0 radical (unpaired) electrons. The number of nitrogens with one attached hydrogen (secondary N) is 1. The summed E-state index contributed by atoms with van der Waals surface area (Å²) in [6, 6.07) is 0. The predicted octanol–water partition coefficient (Wildman–Crippen LogP) is 0.272. The lowest BCUT2D eigenvalue weighted by atomic mass is 10.3. The highest BCUT2D eigenvalue weighted by Crippen LogP contribution is 2.16. The monoisotopic (exact) mass is 154 g/mol. The van der Waals surface area contributed by atoms with E-state index in [1.54, 1.807) is 7.05 Å². The summed E-state index contributed by atoms with van der Waals surface area (Å²) in [6.07, 6.45) is 2.33. The summed E-state index contributed by atoms with van der Waals surface area (Å²) in [4.78, 5) is 4.11. The van der Waals surface area contributed by atoms with Crippen LogP contribution in [0.2, 0.25) is 0 Å². The van der Waals surface area contributed by atoms with Gasteiger partial charge < -0.3 is 0 Å². The molecule has 1 fully saturated rings. The van der Waals surface area contributed by atoms with Crippen LogP contribution in [0.5, 0.6) is 0 Å². The van der Waals surface area contributed by atoms with E-state index in [9.17, 15) is 0 Å². The zero-order valence-corrected chi connectivity index (χ0v) is 7.04. The topological polar surface area (TPSA) is 40.0 Å². The van der Waals surface area contributed by atoms with E-state index < -0.39 is 0 Å². The SMILES string of the molecule is C=NN1C(=NC)CCC1NC. The first kappa shape index (κ1) is 8.20. The normalized spacial score (nSPS) is 28.0. The fourth-order valence-corrected chi connectivity index (χ4v) is 1.34. The van der Waals surface area contributed by atoms with Crippen molar-refractivity contribution in [3.05, 3.63) is 0 Å². The van der Waals surface area contributed by atoms with Crippen LogP contribution >= 0.6 is 0 Å². The van der Waals surface area contributed by atoms with Gasteiger partial charge >= 0.3 is 0 Å². The second-order valence-electron chi connectivity index (χ2n) is 2.47. The molecule has 0 aromatic carbocycles. The highest BCUT2D eigenvalue weighted by molar-refractivity contribution is 5.84. The number of aliphatic imine (C=N–C) groups is 1. The van der Waals surface area contributed by atoms with Gasteiger partial charge in [-0.1, -0.05) is 0 Å². The van der Waals surface area contributed by atoms with Crippen LogP contribution in [0.15, 0.2) is 10.1 Å². The van der Waals surface area contributed by atoms with Gasteiger partial charge in [0.1, 0.15) is 12.0 Å². The molecule has 0 aromatic heterocycles. The van der Waals surface area contributed by atoms with Gasteiger partial charge in [-0.15, -0.1) is 0 Å². The van der Waals surface area contributed by atoms with Crippen molar-refractivity contribution >= 4 is 12.6 Å². The van der Waals surface area contributed by atoms with E-state index in [4.69, 9.17) is 0 Å². The summed E-state index contributed by atoms with van der Waals surface area (Å²) < 4.78 is 0. The third-order valence-electron chi connectivity index (χ3n) is 1.94. The highest BCUT2D eigenvalue weighted by Gasteiger charge is 2.26. The van der Waals surface area contributed by atoms with Gasteiger partial charge in [-0.3, -0.25) is 10.3 Å². The highest BCUT2D eigenvalue weighted by atomic mass is 15.5. The van der Waals surface area contributed by atoms with Crippen LogP contribution < -0.4 is 5.32 Å². The maximum Gasteiger partial charge on any atom is 0.121 e. The Labute approximate surface area is 67.0 Å². The minimum Gasteiger partial charge on any atom is -0.299 e. The largest absolute Gasteiger partial charge is 0.299 e. The van der Waals surface area contributed by atoms with Crippen LogP contribution in [0, 0.1) is 0 Å². The van der Waals surface area contributed by atoms with Gasteiger partial charge in [0.2, 0.25) is 0 Å². The minimum absolute atomic E-state index is 0.284. The van der Waals surface area contributed by atoms with Crippen LogP contribution in [0.1, 0.15) is 12.8 Å². The molecule has 11 heavy (non-hydrogen) atoms. The summed E-state index contributed by atoms with van der Waals surface area (Å²) in [5.41, 5.74) is 0. The van der Waals surface area contributed by atoms with Crippen molar-refractivity contribution in [3.8, 4) is 0 Å². The first-order valence-corrected chi connectivity index (χ1v) is 3.72. The lowest BCUT2D eigenvalue weighted by Crippen LogP contribution is -2.37. The average molecular weight is 154 g/mol. The van der Waals surface area contributed by atoms with Gasteiger partial charge in [0.05, 0.1) is 0 Å². The second kappa shape index (κ2) is 3.48. The van der Waals surface area contributed by atoms with E-state index in [2.05, 4.69) is 22.1 Å². The summed E-state index contributed by atoms with van der Waals surface area (Å²) in [7, 11) is 3.70. The zero-order chi connectivity index (χ0) is 8.27. The van der Waals surface area contributed by atoms with Gasteiger partial charge in [0, 0.05) is 20.2 Å². The van der Waals surface area contributed by atoms with E-state index in [1.807, 2.05) is 12.1 Å². The van der Waals surface area contributed by atoms with Crippen molar-refractivity contribution in [1.82, 2.24) is 10.3 Å². The van der Waals surface area contributed by atoms with Crippen molar-refractivity contribution in [2.45, 2.75) is 19.0 Å². The van der Waals surface area contributed by atoms with Crippen LogP contribution in [0.4, 0.5) is 0 Å². The number of hydrogen-bond donors (Lipinski definition) is 1. The first-order chi connectivity index (χ1) is 5.33. The fraction of sp³-hybridized carbons (Fsp3) is 0.714. The number of nitrogens with zero attached hydrogens (tertiary/aromatic N) is 3. The van der Waals surface area contributed by atoms with Crippen molar-refractivity contribution < 1.29 is 0 Å². The van der Waals surface area contributed by atoms with Crippen molar-refractivity contribution in [3.63, 3.8) is 0 Å². The average Bonchev–Trinajstić information content (AvgIpc) is 2.45. The number of rotatable bonds is 2. The summed E-state index contributed by atoms with van der Waals surface area (Å²) in [5.74, 6) is 1.01. The number of hydrogen-bond acceptors (Lipinski definition) is 3. The van der Waals surface area contributed by atoms with Gasteiger partial charge in [0.25, 0.3) is 0 Å². The van der Waals surface area contributed by atoms with Gasteiger partial charge in [-0.05, 0) is 13.5 Å². The maximum absolute atomic E-state index is 4.11. The molecule has 0 bridgehead atoms. The third kappa shape index (κ3) is 1.40. The molecule has 4 heteroatoms. The molecular weight excluding hydrogens is 140 g/mol. The Bertz CT molecular complexity index is 175. The zero-order valence-electron chi connectivity index (χ0n) is 7.04. The second-order valence-corrected chi connectivity index (χ2v) is 2.47. The number of amidine groups is 1. The summed E-state index contributed by atoms with van der Waals surface area (Å²) >= 11 is 0. The van der Waals surface area contributed by atoms with Crippen LogP contribution in [-0.4, -0.2) is 37.8 Å². The van der Waals surface area contributed by atoms with E-state index in [0.717, 1.165) is 18.7 Å². The molecule has 0 aliphatic carbocycles.